The second kappa shape index (κ2) is 22.7. The maximum absolute atomic E-state index is 14.7. The van der Waals surface area contributed by atoms with Gasteiger partial charge in [-0.2, -0.15) is 10.5 Å². The molecule has 3 aromatic carbocycles. The molecule has 1 aromatic heterocycles. The molecule has 1 aliphatic heterocycles. The van der Waals surface area contributed by atoms with E-state index in [9.17, 15) is 34.5 Å². The Hall–Kier alpha value is -7.38. The predicted molar refractivity (Wildman–Crippen MR) is 251 cm³/mol. The maximum Gasteiger partial charge on any atom is 0.253 e. The van der Waals surface area contributed by atoms with Gasteiger partial charge in [0.15, 0.2) is 0 Å². The Kier molecular flexibility index (Phi) is 17.1. The molecule has 0 fully saturated rings. The van der Waals surface area contributed by atoms with E-state index in [0.29, 0.717) is 50.7 Å². The average molecular weight is 914 g/mol. The molecule has 18 nitrogen and oxygen atoms in total. The number of nitriles is 2. The number of aromatic nitrogens is 1. The number of pyridine rings is 1. The van der Waals surface area contributed by atoms with Crippen LogP contribution in [0.4, 0.5) is 0 Å². The van der Waals surface area contributed by atoms with E-state index in [1.165, 1.54) is 20.0 Å². The minimum Gasteiger partial charge on any atom is -0.492 e. The van der Waals surface area contributed by atoms with Crippen LogP contribution < -0.4 is 47.9 Å². The fourth-order valence-corrected chi connectivity index (χ4v) is 7.63. The van der Waals surface area contributed by atoms with Crippen LogP contribution in [0, 0.1) is 29.6 Å². The van der Waals surface area contributed by atoms with Crippen molar-refractivity contribution in [2.45, 2.75) is 77.0 Å². The molecule has 4 bridgehead atoms. The van der Waals surface area contributed by atoms with Gasteiger partial charge < -0.3 is 52.8 Å². The number of nitrogens with one attached hydrogen (secondary N) is 4. The van der Waals surface area contributed by atoms with Crippen molar-refractivity contribution < 1.29 is 33.4 Å². The zero-order valence-electron chi connectivity index (χ0n) is 38.7. The Bertz CT molecular complexity index is 2560. The lowest BCUT2D eigenvalue weighted by Gasteiger charge is -2.32. The number of nitrogens with zero attached hydrogens (tertiary/aromatic N) is 4. The summed E-state index contributed by atoms with van der Waals surface area (Å²) >= 11 is 0. The lowest BCUT2D eigenvalue weighted by Crippen LogP contribution is -2.56. The minimum atomic E-state index is -1.44. The van der Waals surface area contributed by atoms with Gasteiger partial charge in [-0.15, -0.1) is 0 Å². The summed E-state index contributed by atoms with van der Waals surface area (Å²) in [6.45, 7) is 9.62. The van der Waals surface area contributed by atoms with Crippen LogP contribution in [0.3, 0.4) is 0 Å². The van der Waals surface area contributed by atoms with Crippen molar-refractivity contribution in [2.24, 2.45) is 17.2 Å². The van der Waals surface area contributed by atoms with Crippen molar-refractivity contribution in [3.63, 3.8) is 0 Å². The van der Waals surface area contributed by atoms with E-state index in [1.54, 1.807) is 43.3 Å². The predicted octanol–water partition coefficient (Wildman–Crippen LogP) is 2.40. The van der Waals surface area contributed by atoms with Gasteiger partial charge >= 0.3 is 0 Å². The molecule has 4 atom stereocenters. The summed E-state index contributed by atoms with van der Waals surface area (Å²) in [7, 11) is 1.39. The molecule has 2 heterocycles. The molecule has 352 valence electrons. The first kappa shape index (κ1) is 50.6. The van der Waals surface area contributed by atoms with E-state index < -0.39 is 53.7 Å². The molecule has 0 spiro atoms. The summed E-state index contributed by atoms with van der Waals surface area (Å²) in [4.78, 5) is 76.3. The average Bonchev–Trinajstić information content (AvgIpc) is 3.30. The van der Waals surface area contributed by atoms with Crippen molar-refractivity contribution in [2.75, 3.05) is 46.4 Å². The highest BCUT2D eigenvalue weighted by molar-refractivity contribution is 6.00. The van der Waals surface area contributed by atoms with Crippen LogP contribution in [-0.4, -0.2) is 104 Å². The van der Waals surface area contributed by atoms with Crippen LogP contribution in [0.25, 0.3) is 22.4 Å². The molecule has 1 aliphatic rings. The standard InChI is InChI=1S/C49H59N11O7/c1-28-35(26-33(27-54)42(56-28)31-8-11-34(12-9-31)49(3,4)5)45(62)58-38(15-16-50)48(65)60(6)43-32-10-14-41(67-22-19-53)37(25-32)36-23-30(7-13-40(36)66-21-18-52)24-39(46(63)55-20-17-51)59-44(61)29(2)57-47(43)64/h7-14,23,25-26,29,38-39,43H,15-16,18-22,24,50,52-53H2,1-6H3,(H,55,63)(H,57,64)(H,58,62)(H,59,61)/t29-,38-,39-,43-/m0/s1. The van der Waals surface area contributed by atoms with Crippen LogP contribution in [-0.2, 0) is 31.0 Å². The lowest BCUT2D eigenvalue weighted by atomic mass is 9.86. The number of hydrogen-bond donors (Lipinski definition) is 7. The molecule has 5 rings (SSSR count). The molecule has 4 aromatic rings. The molecule has 18 heteroatoms. The van der Waals surface area contributed by atoms with Gasteiger partial charge in [0.1, 0.15) is 61.5 Å². The van der Waals surface area contributed by atoms with E-state index in [0.717, 1.165) is 10.5 Å². The van der Waals surface area contributed by atoms with E-state index in [1.807, 2.05) is 30.3 Å². The number of benzene rings is 3. The Morgan fingerprint density at radius 3 is 2.13 bits per heavy atom. The van der Waals surface area contributed by atoms with Gasteiger partial charge in [-0.05, 0) is 79.3 Å². The summed E-state index contributed by atoms with van der Waals surface area (Å²) in [6.07, 6.45) is -0.0531. The van der Waals surface area contributed by atoms with Gasteiger partial charge in [0.05, 0.1) is 28.6 Å². The normalized spacial score (nSPS) is 16.4. The molecular formula is C49H59N11O7. The molecule has 67 heavy (non-hydrogen) atoms. The third-order valence-electron chi connectivity index (χ3n) is 11.2. The van der Waals surface area contributed by atoms with Crippen molar-refractivity contribution >= 4 is 29.5 Å². The monoisotopic (exact) mass is 913 g/mol. The van der Waals surface area contributed by atoms with Crippen LogP contribution in [0.1, 0.15) is 78.5 Å². The summed E-state index contributed by atoms with van der Waals surface area (Å²) in [5.41, 5.74) is 22.1. The topological polar surface area (TPSA) is 294 Å². The molecule has 10 N–H and O–H groups in total. The van der Waals surface area contributed by atoms with Crippen molar-refractivity contribution in [1.29, 1.82) is 10.5 Å². The Morgan fingerprint density at radius 1 is 0.896 bits per heavy atom. The maximum atomic E-state index is 14.7. The number of hydrogen-bond acceptors (Lipinski definition) is 13. The highest BCUT2D eigenvalue weighted by atomic mass is 16.5. The molecule has 0 unspecified atom stereocenters. The zero-order chi connectivity index (χ0) is 49.0. The quantitative estimate of drug-likeness (QED) is 0.0845. The van der Waals surface area contributed by atoms with E-state index in [4.69, 9.17) is 26.7 Å². The number of carbonyl (C=O) groups excluding carboxylic acids is 5. The third-order valence-corrected chi connectivity index (χ3v) is 11.2. The van der Waals surface area contributed by atoms with Crippen LogP contribution >= 0.6 is 0 Å². The first-order valence-electron chi connectivity index (χ1n) is 21.9. The van der Waals surface area contributed by atoms with Crippen molar-refractivity contribution in [3.05, 3.63) is 100 Å². The minimum absolute atomic E-state index is 0.0103. The fourth-order valence-electron chi connectivity index (χ4n) is 7.63. The second-order valence-electron chi connectivity index (χ2n) is 17.1. The van der Waals surface area contributed by atoms with Gasteiger partial charge in [0, 0.05) is 43.2 Å². The number of amides is 5. The molecule has 5 amide bonds. The Morgan fingerprint density at radius 2 is 1.54 bits per heavy atom. The number of ether oxygens (including phenoxy) is 2. The van der Waals surface area contributed by atoms with Crippen LogP contribution in [0.2, 0.25) is 0 Å². The number of aryl methyl sites for hydroxylation is 1. The van der Waals surface area contributed by atoms with Gasteiger partial charge in [-0.1, -0.05) is 57.2 Å². The molecular weight excluding hydrogens is 855 g/mol. The first-order valence-corrected chi connectivity index (χ1v) is 21.9. The summed E-state index contributed by atoms with van der Waals surface area (Å²) < 4.78 is 12.2. The largest absolute Gasteiger partial charge is 0.492 e. The summed E-state index contributed by atoms with van der Waals surface area (Å²) in [6, 6.07) is 18.1. The Balaban J connectivity index is 1.58. The number of likely N-dealkylation sites (N-methyl/N-ethyl adjacent to an activating group) is 1. The SMILES string of the molecule is Cc1nc(-c2ccc(C(C)(C)C)cc2)c(C#N)cc1C(=O)N[C@@H](CCN)C(=O)N(C)[C@@H]1C(=O)N[C@@H](C)C(=O)N[C@H](C(=O)NCC#N)Cc2ccc(OCCN)c(c2)-c2cc1ccc2OCCN. The van der Waals surface area contributed by atoms with E-state index >= 15 is 0 Å². The number of fused-ring (bicyclic) bond motifs is 5. The number of nitrogens with two attached hydrogens (primary N) is 3. The van der Waals surface area contributed by atoms with E-state index in [-0.39, 0.29) is 68.8 Å². The van der Waals surface area contributed by atoms with E-state index in [2.05, 4.69) is 53.1 Å². The van der Waals surface area contributed by atoms with Crippen LogP contribution in [0.15, 0.2) is 66.7 Å². The fraction of sp³-hybridized carbons (Fsp3) is 0.388. The lowest BCUT2D eigenvalue weighted by molar-refractivity contribution is -0.141. The zero-order valence-corrected chi connectivity index (χ0v) is 38.7. The number of carbonyl (C=O) groups is 5. The van der Waals surface area contributed by atoms with Gasteiger partial charge in [0.25, 0.3) is 5.91 Å². The van der Waals surface area contributed by atoms with Crippen molar-refractivity contribution in [1.82, 2.24) is 31.2 Å². The molecule has 0 saturated heterocycles. The second-order valence-corrected chi connectivity index (χ2v) is 17.1. The molecule has 0 radical (unpaired) electrons. The third kappa shape index (κ3) is 12.3. The highest BCUT2D eigenvalue weighted by Gasteiger charge is 2.36. The first-order chi connectivity index (χ1) is 31.9. The van der Waals surface area contributed by atoms with Gasteiger partial charge in [-0.3, -0.25) is 29.0 Å². The summed E-state index contributed by atoms with van der Waals surface area (Å²) in [5.74, 6) is -2.79. The Labute approximate surface area is 390 Å². The van der Waals surface area contributed by atoms with Crippen molar-refractivity contribution in [3.8, 4) is 46.0 Å². The highest BCUT2D eigenvalue weighted by Crippen LogP contribution is 2.40. The molecule has 0 saturated carbocycles. The van der Waals surface area contributed by atoms with Crippen LogP contribution in [0.5, 0.6) is 11.5 Å². The smallest absolute Gasteiger partial charge is 0.253 e. The molecule has 0 aliphatic carbocycles. The van der Waals surface area contributed by atoms with Gasteiger partial charge in [-0.25, -0.2) is 0 Å². The number of rotatable bonds is 15. The van der Waals surface area contributed by atoms with Gasteiger partial charge in [0.2, 0.25) is 23.6 Å². The summed E-state index contributed by atoms with van der Waals surface area (Å²) in [5, 5.41) is 30.0.